The first-order valence-corrected chi connectivity index (χ1v) is 15.6. The van der Waals surface area contributed by atoms with E-state index < -0.39 is 10.0 Å². The maximum atomic E-state index is 13.5. The number of aromatic nitrogens is 1. The number of nitrogens with zero attached hydrogens (tertiary/aromatic N) is 3. The fourth-order valence-electron chi connectivity index (χ4n) is 5.09. The Kier molecular flexibility index (Phi) is 8.96. The lowest BCUT2D eigenvalue weighted by Crippen LogP contribution is -2.48. The van der Waals surface area contributed by atoms with Crippen molar-refractivity contribution in [3.8, 4) is 11.6 Å². The van der Waals surface area contributed by atoms with E-state index in [-0.39, 0.29) is 11.9 Å². The largest absolute Gasteiger partial charge is 0.439 e. The Balaban J connectivity index is 1.16. The Morgan fingerprint density at radius 2 is 1.56 bits per heavy atom. The lowest BCUT2D eigenvalue weighted by molar-refractivity contribution is -0.118. The number of amides is 1. The number of para-hydroxylation sites is 1. The van der Waals surface area contributed by atoms with Crippen LogP contribution in [0.1, 0.15) is 24.0 Å². The number of rotatable bonds is 10. The molecule has 5 rings (SSSR count). The van der Waals surface area contributed by atoms with Crippen molar-refractivity contribution in [2.75, 3.05) is 29.0 Å². The summed E-state index contributed by atoms with van der Waals surface area (Å²) in [5.41, 5.74) is 3.53. The summed E-state index contributed by atoms with van der Waals surface area (Å²) in [6.07, 6.45) is 5.11. The van der Waals surface area contributed by atoms with Gasteiger partial charge >= 0.3 is 0 Å². The fraction of sp³-hybridized carbons (Fsp3) is 0.250. The van der Waals surface area contributed by atoms with Gasteiger partial charge in [-0.05, 0) is 60.4 Å². The third-order valence-electron chi connectivity index (χ3n) is 7.01. The lowest BCUT2D eigenvalue weighted by atomic mass is 10.00. The number of sulfonamides is 1. The molecule has 2 heterocycles. The Hall–Kier alpha value is -4.21. The first-order chi connectivity index (χ1) is 19.8. The van der Waals surface area contributed by atoms with Crippen molar-refractivity contribution in [2.45, 2.75) is 31.8 Å². The third kappa shape index (κ3) is 8.15. The maximum absolute atomic E-state index is 13.5. The number of ether oxygens (including phenoxy) is 1. The van der Waals surface area contributed by atoms with Gasteiger partial charge in [0.25, 0.3) is 0 Å². The van der Waals surface area contributed by atoms with Crippen LogP contribution in [0.15, 0.2) is 103 Å². The van der Waals surface area contributed by atoms with Gasteiger partial charge in [0, 0.05) is 49.3 Å². The van der Waals surface area contributed by atoms with Crippen LogP contribution in [0.3, 0.4) is 0 Å². The molecule has 1 amide bonds. The average molecular weight is 571 g/mol. The minimum absolute atomic E-state index is 0.127. The van der Waals surface area contributed by atoms with Gasteiger partial charge in [0.2, 0.25) is 21.8 Å². The van der Waals surface area contributed by atoms with Crippen LogP contribution in [0.2, 0.25) is 0 Å². The first-order valence-electron chi connectivity index (χ1n) is 13.7. The molecule has 4 aromatic rings. The summed E-state index contributed by atoms with van der Waals surface area (Å²) >= 11 is 0. The predicted molar refractivity (Wildman–Crippen MR) is 162 cm³/mol. The third-order valence-corrected chi connectivity index (χ3v) is 7.61. The highest BCUT2D eigenvalue weighted by Crippen LogP contribution is 2.26. The van der Waals surface area contributed by atoms with E-state index in [9.17, 15) is 13.2 Å². The molecule has 0 unspecified atom stereocenters. The summed E-state index contributed by atoms with van der Waals surface area (Å²) in [7, 11) is -3.33. The van der Waals surface area contributed by atoms with E-state index in [1.165, 1.54) is 0 Å². The molecule has 1 aliphatic rings. The monoisotopic (exact) mass is 570 g/mol. The highest BCUT2D eigenvalue weighted by Gasteiger charge is 2.29. The van der Waals surface area contributed by atoms with Crippen molar-refractivity contribution in [2.24, 2.45) is 0 Å². The standard InChI is InChI=1S/C32H34N4O4S/c1-41(38,39)34-27-13-15-30(16-14-27)40-31-17-12-26(23-33-31)24-35-20-18-29(19-21-35)36(28-10-6-3-7-11-28)32(37)22-25-8-4-2-5-9-25/h2-17,23,29,34H,18-22,24H2,1H3. The number of piperidine rings is 1. The smallest absolute Gasteiger partial charge is 0.231 e. The Labute approximate surface area is 241 Å². The van der Waals surface area contributed by atoms with Gasteiger partial charge in [0.15, 0.2) is 0 Å². The van der Waals surface area contributed by atoms with Crippen LogP contribution < -0.4 is 14.4 Å². The number of nitrogens with one attached hydrogen (secondary N) is 1. The molecular weight excluding hydrogens is 536 g/mol. The fourth-order valence-corrected chi connectivity index (χ4v) is 5.65. The van der Waals surface area contributed by atoms with Crippen LogP contribution in [-0.4, -0.2) is 49.6 Å². The van der Waals surface area contributed by atoms with Crippen LogP contribution in [0.5, 0.6) is 11.6 Å². The number of hydrogen-bond donors (Lipinski definition) is 1. The molecule has 0 atom stereocenters. The van der Waals surface area contributed by atoms with Gasteiger partial charge in [-0.25, -0.2) is 13.4 Å². The molecule has 0 bridgehead atoms. The van der Waals surface area contributed by atoms with Gasteiger partial charge in [-0.2, -0.15) is 0 Å². The number of anilines is 2. The maximum Gasteiger partial charge on any atom is 0.231 e. The summed E-state index contributed by atoms with van der Waals surface area (Å²) in [6, 6.07) is 30.6. The van der Waals surface area contributed by atoms with Gasteiger partial charge in [-0.3, -0.25) is 14.4 Å². The Morgan fingerprint density at radius 1 is 0.902 bits per heavy atom. The molecule has 0 spiro atoms. The average Bonchev–Trinajstić information content (AvgIpc) is 2.97. The summed E-state index contributed by atoms with van der Waals surface area (Å²) in [5, 5.41) is 0. The van der Waals surface area contributed by atoms with Crippen molar-refractivity contribution >= 4 is 27.3 Å². The van der Waals surface area contributed by atoms with Crippen molar-refractivity contribution in [3.63, 3.8) is 0 Å². The second-order valence-corrected chi connectivity index (χ2v) is 12.0. The minimum atomic E-state index is -3.33. The molecule has 1 aliphatic heterocycles. The summed E-state index contributed by atoms with van der Waals surface area (Å²) in [5.74, 6) is 1.16. The molecule has 8 nitrogen and oxygen atoms in total. The topological polar surface area (TPSA) is 91.8 Å². The van der Waals surface area contributed by atoms with Crippen LogP contribution in [0.25, 0.3) is 0 Å². The molecule has 9 heteroatoms. The quantitative estimate of drug-likeness (QED) is 0.271. The van der Waals surface area contributed by atoms with Gasteiger partial charge in [-0.1, -0.05) is 54.6 Å². The highest BCUT2D eigenvalue weighted by molar-refractivity contribution is 7.92. The van der Waals surface area contributed by atoms with Crippen molar-refractivity contribution in [1.82, 2.24) is 9.88 Å². The minimum Gasteiger partial charge on any atom is -0.439 e. The zero-order valence-corrected chi connectivity index (χ0v) is 23.8. The SMILES string of the molecule is CS(=O)(=O)Nc1ccc(Oc2ccc(CN3CCC(N(C(=O)Cc4ccccc4)c4ccccc4)CC3)cn2)cc1. The van der Waals surface area contributed by atoms with Crippen molar-refractivity contribution < 1.29 is 17.9 Å². The van der Waals surface area contributed by atoms with Crippen molar-refractivity contribution in [3.05, 3.63) is 114 Å². The first kappa shape index (κ1) is 28.3. The molecule has 0 aliphatic carbocycles. The number of hydrogen-bond acceptors (Lipinski definition) is 6. The van der Waals surface area contributed by atoms with Crippen molar-refractivity contribution in [1.29, 1.82) is 0 Å². The normalized spacial score (nSPS) is 14.4. The second kappa shape index (κ2) is 13.0. The zero-order chi connectivity index (χ0) is 28.7. The number of carbonyl (C=O) groups excluding carboxylic acids is 1. The zero-order valence-electron chi connectivity index (χ0n) is 23.0. The van der Waals surface area contributed by atoms with E-state index in [1.54, 1.807) is 24.3 Å². The molecule has 1 N–H and O–H groups in total. The van der Waals surface area contributed by atoms with Gasteiger partial charge in [0.1, 0.15) is 5.75 Å². The number of carbonyl (C=O) groups is 1. The molecule has 41 heavy (non-hydrogen) atoms. The van der Waals surface area contributed by atoms with Crippen LogP contribution in [-0.2, 0) is 27.8 Å². The summed E-state index contributed by atoms with van der Waals surface area (Å²) in [4.78, 5) is 22.3. The lowest BCUT2D eigenvalue weighted by Gasteiger charge is -2.38. The molecule has 1 saturated heterocycles. The van der Waals surface area contributed by atoms with E-state index in [1.807, 2.05) is 83.9 Å². The van der Waals surface area contributed by atoms with E-state index in [4.69, 9.17) is 4.74 Å². The Morgan fingerprint density at radius 3 is 2.17 bits per heavy atom. The molecule has 1 aromatic heterocycles. The van der Waals surface area contributed by atoms with Crippen LogP contribution >= 0.6 is 0 Å². The summed E-state index contributed by atoms with van der Waals surface area (Å²) in [6.45, 7) is 2.55. The summed E-state index contributed by atoms with van der Waals surface area (Å²) < 4.78 is 31.0. The van der Waals surface area contributed by atoms with Gasteiger partial charge < -0.3 is 9.64 Å². The van der Waals surface area contributed by atoms with E-state index in [0.29, 0.717) is 23.7 Å². The number of likely N-dealkylation sites (tertiary alicyclic amines) is 1. The van der Waals surface area contributed by atoms with Gasteiger partial charge in [0.05, 0.1) is 12.7 Å². The molecular formula is C32H34N4O4S. The predicted octanol–water partition coefficient (Wildman–Crippen LogP) is 5.49. The molecule has 1 fully saturated rings. The highest BCUT2D eigenvalue weighted by atomic mass is 32.2. The van der Waals surface area contributed by atoms with Crippen LogP contribution in [0.4, 0.5) is 11.4 Å². The molecule has 0 saturated carbocycles. The second-order valence-electron chi connectivity index (χ2n) is 10.3. The number of pyridine rings is 1. The Bertz CT molecular complexity index is 1520. The van der Waals surface area contributed by atoms with E-state index >= 15 is 0 Å². The molecule has 3 aromatic carbocycles. The van der Waals surface area contributed by atoms with Crippen LogP contribution in [0, 0.1) is 0 Å². The molecule has 0 radical (unpaired) electrons. The van der Waals surface area contributed by atoms with Gasteiger partial charge in [-0.15, -0.1) is 0 Å². The number of benzene rings is 3. The van der Waals surface area contributed by atoms with E-state index in [0.717, 1.165) is 55.5 Å². The molecule has 212 valence electrons. The van der Waals surface area contributed by atoms with E-state index in [2.05, 4.69) is 14.6 Å².